The molecule has 0 bridgehead atoms. The molecule has 5 aromatic rings. The van der Waals surface area contributed by atoms with Crippen molar-refractivity contribution in [2.24, 2.45) is 0 Å². The Balaban J connectivity index is 1.88. The topological polar surface area (TPSA) is 0 Å². The second-order valence-corrected chi connectivity index (χ2v) is 11.3. The molecule has 0 N–H and O–H groups in total. The molecular formula is C29H18BrIS. The Morgan fingerprint density at radius 1 is 0.656 bits per heavy atom. The first kappa shape index (κ1) is 20.5. The van der Waals surface area contributed by atoms with Crippen LogP contribution in [-0.4, -0.2) is 0 Å². The number of fused-ring (bicyclic) bond motifs is 4. The summed E-state index contributed by atoms with van der Waals surface area (Å²) in [6.07, 6.45) is 0. The maximum Gasteiger partial charge on any atom is 0.0730 e. The standard InChI is InChI=1S/C29H18BrIS/c30-22-10-5-8-20(17-22)29(21-9-6-11-23(31)18-21)25-13-3-4-14-26(25)32-27-16-15-19-7-1-2-12-24(19)28(27)29/h1-18H. The molecule has 0 amide bonds. The Morgan fingerprint density at radius 2 is 1.41 bits per heavy atom. The highest BCUT2D eigenvalue weighted by Gasteiger charge is 2.45. The summed E-state index contributed by atoms with van der Waals surface area (Å²) in [5.41, 5.74) is 4.88. The molecule has 0 nitrogen and oxygen atoms in total. The molecule has 1 aliphatic heterocycles. The molecule has 0 spiro atoms. The number of halogens is 2. The van der Waals surface area contributed by atoms with E-state index in [2.05, 4.69) is 148 Å². The van der Waals surface area contributed by atoms with Gasteiger partial charge in [-0.25, -0.2) is 0 Å². The van der Waals surface area contributed by atoms with E-state index in [1.165, 1.54) is 46.4 Å². The molecule has 1 heterocycles. The molecular weight excluding hydrogens is 587 g/mol. The van der Waals surface area contributed by atoms with Gasteiger partial charge in [0.2, 0.25) is 0 Å². The molecule has 3 heteroatoms. The summed E-state index contributed by atoms with van der Waals surface area (Å²) in [6.45, 7) is 0. The summed E-state index contributed by atoms with van der Waals surface area (Å²) in [7, 11) is 0. The van der Waals surface area contributed by atoms with E-state index in [4.69, 9.17) is 0 Å². The van der Waals surface area contributed by atoms with Gasteiger partial charge in [-0.15, -0.1) is 0 Å². The molecule has 6 rings (SSSR count). The third-order valence-corrected chi connectivity index (χ3v) is 8.59. The van der Waals surface area contributed by atoms with Crippen molar-refractivity contribution >= 4 is 61.1 Å². The lowest BCUT2D eigenvalue weighted by Gasteiger charge is -2.42. The molecule has 0 fully saturated rings. The second kappa shape index (κ2) is 8.05. The fraction of sp³-hybridized carbons (Fsp3) is 0.0345. The van der Waals surface area contributed by atoms with Crippen LogP contribution in [0.5, 0.6) is 0 Å². The minimum absolute atomic E-state index is 0.414. The fourth-order valence-electron chi connectivity index (χ4n) is 5.05. The Bertz CT molecular complexity index is 1440. The van der Waals surface area contributed by atoms with Crippen LogP contribution in [0, 0.1) is 3.57 Å². The van der Waals surface area contributed by atoms with Gasteiger partial charge in [-0.3, -0.25) is 0 Å². The number of hydrogen-bond donors (Lipinski definition) is 0. The van der Waals surface area contributed by atoms with E-state index >= 15 is 0 Å². The lowest BCUT2D eigenvalue weighted by atomic mass is 9.64. The van der Waals surface area contributed by atoms with E-state index in [-0.39, 0.29) is 0 Å². The molecule has 0 saturated carbocycles. The van der Waals surface area contributed by atoms with Crippen molar-refractivity contribution in [3.8, 4) is 0 Å². The maximum absolute atomic E-state index is 3.76. The summed E-state index contributed by atoms with van der Waals surface area (Å²) in [6, 6.07) is 40.1. The Hall–Kier alpha value is -2.08. The molecule has 154 valence electrons. The lowest BCUT2D eigenvalue weighted by Crippen LogP contribution is -2.34. The maximum atomic E-state index is 3.76. The summed E-state index contributed by atoms with van der Waals surface area (Å²) in [5, 5.41) is 2.59. The molecule has 0 aromatic heterocycles. The van der Waals surface area contributed by atoms with Crippen molar-refractivity contribution in [1.29, 1.82) is 0 Å². The van der Waals surface area contributed by atoms with E-state index in [1.807, 2.05) is 11.8 Å². The van der Waals surface area contributed by atoms with Crippen molar-refractivity contribution in [1.82, 2.24) is 0 Å². The third-order valence-electron chi connectivity index (χ3n) is 6.29. The first-order valence-corrected chi connectivity index (χ1v) is 13.2. The van der Waals surface area contributed by atoms with Crippen LogP contribution in [0.25, 0.3) is 10.8 Å². The van der Waals surface area contributed by atoms with E-state index in [0.717, 1.165) is 4.47 Å². The summed E-state index contributed by atoms with van der Waals surface area (Å²) < 4.78 is 2.34. The zero-order valence-electron chi connectivity index (χ0n) is 17.1. The van der Waals surface area contributed by atoms with Crippen LogP contribution < -0.4 is 0 Å². The summed E-state index contributed by atoms with van der Waals surface area (Å²) in [5.74, 6) is 0. The van der Waals surface area contributed by atoms with Crippen molar-refractivity contribution in [2.75, 3.05) is 0 Å². The SMILES string of the molecule is Brc1cccc(C2(c3cccc(I)c3)c3ccccc3Sc3ccc4ccccc4c32)c1. The van der Waals surface area contributed by atoms with E-state index in [0.29, 0.717) is 0 Å². The average Bonchev–Trinajstić information content (AvgIpc) is 2.82. The highest BCUT2D eigenvalue weighted by Crippen LogP contribution is 2.57. The van der Waals surface area contributed by atoms with E-state index < -0.39 is 5.41 Å². The predicted octanol–water partition coefficient (Wildman–Crippen LogP) is 9.05. The van der Waals surface area contributed by atoms with Gasteiger partial charge < -0.3 is 0 Å². The highest BCUT2D eigenvalue weighted by molar-refractivity contribution is 14.1. The monoisotopic (exact) mass is 604 g/mol. The van der Waals surface area contributed by atoms with Crippen molar-refractivity contribution in [2.45, 2.75) is 15.2 Å². The van der Waals surface area contributed by atoms with Crippen LogP contribution in [-0.2, 0) is 5.41 Å². The predicted molar refractivity (Wildman–Crippen MR) is 147 cm³/mol. The average molecular weight is 605 g/mol. The minimum atomic E-state index is -0.414. The molecule has 5 aromatic carbocycles. The van der Waals surface area contributed by atoms with E-state index in [1.54, 1.807) is 0 Å². The Kier molecular flexibility index (Phi) is 5.16. The zero-order chi connectivity index (χ0) is 21.7. The lowest BCUT2D eigenvalue weighted by molar-refractivity contribution is 0.709. The van der Waals surface area contributed by atoms with Crippen LogP contribution in [0.3, 0.4) is 0 Å². The zero-order valence-corrected chi connectivity index (χ0v) is 21.6. The van der Waals surface area contributed by atoms with Crippen LogP contribution in [0.15, 0.2) is 123 Å². The van der Waals surface area contributed by atoms with Crippen LogP contribution >= 0.6 is 50.3 Å². The number of hydrogen-bond acceptors (Lipinski definition) is 1. The minimum Gasteiger partial charge on any atom is -0.0894 e. The van der Waals surface area contributed by atoms with Gasteiger partial charge in [0.05, 0.1) is 5.41 Å². The summed E-state index contributed by atoms with van der Waals surface area (Å²) >= 11 is 8.08. The highest BCUT2D eigenvalue weighted by atomic mass is 127. The normalized spacial score (nSPS) is 17.1. The molecule has 1 aliphatic rings. The van der Waals surface area contributed by atoms with Gasteiger partial charge in [-0.05, 0) is 92.0 Å². The van der Waals surface area contributed by atoms with Crippen molar-refractivity contribution < 1.29 is 0 Å². The second-order valence-electron chi connectivity index (χ2n) is 8.03. The molecule has 0 saturated heterocycles. The molecule has 32 heavy (non-hydrogen) atoms. The van der Waals surface area contributed by atoms with Gasteiger partial charge in [0.1, 0.15) is 0 Å². The van der Waals surface area contributed by atoms with Gasteiger partial charge in [-0.2, -0.15) is 0 Å². The Labute approximate surface area is 214 Å². The largest absolute Gasteiger partial charge is 0.0894 e. The smallest absolute Gasteiger partial charge is 0.0730 e. The van der Waals surface area contributed by atoms with E-state index in [9.17, 15) is 0 Å². The number of rotatable bonds is 2. The van der Waals surface area contributed by atoms with Gasteiger partial charge in [0.25, 0.3) is 0 Å². The van der Waals surface area contributed by atoms with Crippen molar-refractivity contribution in [3.05, 3.63) is 139 Å². The van der Waals surface area contributed by atoms with Gasteiger partial charge in [0, 0.05) is 17.8 Å². The Morgan fingerprint density at radius 3 is 2.25 bits per heavy atom. The number of benzene rings is 5. The molecule has 1 atom stereocenters. The van der Waals surface area contributed by atoms with Crippen molar-refractivity contribution in [3.63, 3.8) is 0 Å². The first-order chi connectivity index (χ1) is 15.7. The quantitative estimate of drug-likeness (QED) is 0.178. The van der Waals surface area contributed by atoms with Gasteiger partial charge in [-0.1, -0.05) is 100 Å². The third kappa shape index (κ3) is 3.09. The molecule has 1 unspecified atom stereocenters. The molecule has 0 aliphatic carbocycles. The first-order valence-electron chi connectivity index (χ1n) is 10.5. The van der Waals surface area contributed by atoms with Crippen LogP contribution in [0.1, 0.15) is 22.3 Å². The van der Waals surface area contributed by atoms with Gasteiger partial charge in [0.15, 0.2) is 0 Å². The molecule has 0 radical (unpaired) electrons. The fourth-order valence-corrected chi connectivity index (χ4v) is 7.21. The van der Waals surface area contributed by atoms with Gasteiger partial charge >= 0.3 is 0 Å². The van der Waals surface area contributed by atoms with Crippen LogP contribution in [0.2, 0.25) is 0 Å². The van der Waals surface area contributed by atoms with Crippen LogP contribution in [0.4, 0.5) is 0 Å². The summed E-state index contributed by atoms with van der Waals surface area (Å²) in [4.78, 5) is 2.63.